The zero-order valence-electron chi connectivity index (χ0n) is 11.2. The Morgan fingerprint density at radius 1 is 1.38 bits per heavy atom. The quantitative estimate of drug-likeness (QED) is 0.791. The Labute approximate surface area is 98.1 Å². The van der Waals surface area contributed by atoms with Gasteiger partial charge in [0.1, 0.15) is 0 Å². The van der Waals surface area contributed by atoms with Crippen LogP contribution in [0.25, 0.3) is 0 Å². The molecule has 0 atom stereocenters. The standard InChI is InChI=1S/C11H17NO2.C2H6/c1-9-6-5-7-12(10(9)13)8-11(2,3)14-4;1-2/h5-7H,8H2,1-4H3;1-2H3. The lowest BCUT2D eigenvalue weighted by Crippen LogP contribution is -2.34. The Kier molecular flexibility index (Phi) is 6.04. The van der Waals surface area contributed by atoms with Gasteiger partial charge < -0.3 is 9.30 Å². The summed E-state index contributed by atoms with van der Waals surface area (Å²) in [4.78, 5) is 11.7. The van der Waals surface area contributed by atoms with Crippen LogP contribution in [0.4, 0.5) is 0 Å². The molecule has 3 heteroatoms. The van der Waals surface area contributed by atoms with Gasteiger partial charge in [0.2, 0.25) is 0 Å². The van der Waals surface area contributed by atoms with E-state index in [2.05, 4.69) is 0 Å². The maximum absolute atomic E-state index is 11.7. The van der Waals surface area contributed by atoms with Gasteiger partial charge >= 0.3 is 0 Å². The Morgan fingerprint density at radius 3 is 2.44 bits per heavy atom. The van der Waals surface area contributed by atoms with Crippen molar-refractivity contribution in [1.82, 2.24) is 4.57 Å². The average Bonchev–Trinajstić information content (AvgIpc) is 2.27. The van der Waals surface area contributed by atoms with Gasteiger partial charge in [-0.15, -0.1) is 0 Å². The summed E-state index contributed by atoms with van der Waals surface area (Å²) in [6, 6.07) is 3.70. The highest BCUT2D eigenvalue weighted by Crippen LogP contribution is 2.09. The van der Waals surface area contributed by atoms with E-state index in [0.717, 1.165) is 5.56 Å². The van der Waals surface area contributed by atoms with Gasteiger partial charge in [-0.3, -0.25) is 4.79 Å². The first kappa shape index (κ1) is 14.9. The van der Waals surface area contributed by atoms with Gasteiger partial charge in [-0.25, -0.2) is 0 Å². The first-order chi connectivity index (χ1) is 7.46. The van der Waals surface area contributed by atoms with Crippen molar-refractivity contribution >= 4 is 0 Å². The molecule has 0 bridgehead atoms. The molecule has 0 radical (unpaired) electrons. The SMILES string of the molecule is CC.COC(C)(C)Cn1cccc(C)c1=O. The summed E-state index contributed by atoms with van der Waals surface area (Å²) in [7, 11) is 1.65. The van der Waals surface area contributed by atoms with Crippen LogP contribution in [0.15, 0.2) is 23.1 Å². The van der Waals surface area contributed by atoms with Crippen molar-refractivity contribution in [1.29, 1.82) is 0 Å². The molecule has 16 heavy (non-hydrogen) atoms. The first-order valence-corrected chi connectivity index (χ1v) is 5.67. The molecule has 0 saturated heterocycles. The number of hydrogen-bond donors (Lipinski definition) is 0. The van der Waals surface area contributed by atoms with Crippen LogP contribution in [-0.4, -0.2) is 17.3 Å². The molecule has 0 aliphatic rings. The first-order valence-electron chi connectivity index (χ1n) is 5.67. The topological polar surface area (TPSA) is 31.2 Å². The summed E-state index contributed by atoms with van der Waals surface area (Å²) in [5.41, 5.74) is 0.509. The van der Waals surface area contributed by atoms with E-state index in [1.54, 1.807) is 17.9 Å². The minimum Gasteiger partial charge on any atom is -0.377 e. The predicted molar refractivity (Wildman–Crippen MR) is 67.9 cm³/mol. The van der Waals surface area contributed by atoms with Gasteiger partial charge in [0.05, 0.1) is 12.1 Å². The number of methoxy groups -OCH3 is 1. The van der Waals surface area contributed by atoms with Crippen molar-refractivity contribution in [2.24, 2.45) is 0 Å². The summed E-state index contributed by atoms with van der Waals surface area (Å²) in [5.74, 6) is 0. The van der Waals surface area contributed by atoms with Crippen LogP contribution in [0.3, 0.4) is 0 Å². The minimum atomic E-state index is -0.308. The molecule has 1 rings (SSSR count). The lowest BCUT2D eigenvalue weighted by Gasteiger charge is -2.23. The van der Waals surface area contributed by atoms with Crippen LogP contribution in [0.5, 0.6) is 0 Å². The molecule has 92 valence electrons. The van der Waals surface area contributed by atoms with Gasteiger partial charge in [0, 0.05) is 18.9 Å². The van der Waals surface area contributed by atoms with E-state index in [1.165, 1.54) is 0 Å². The third kappa shape index (κ3) is 4.19. The van der Waals surface area contributed by atoms with Crippen molar-refractivity contribution in [3.05, 3.63) is 34.2 Å². The number of rotatable bonds is 3. The van der Waals surface area contributed by atoms with Crippen LogP contribution < -0.4 is 5.56 Å². The second kappa shape index (κ2) is 6.48. The maximum Gasteiger partial charge on any atom is 0.253 e. The van der Waals surface area contributed by atoms with E-state index < -0.39 is 0 Å². The molecular weight excluding hydrogens is 202 g/mol. The van der Waals surface area contributed by atoms with E-state index in [-0.39, 0.29) is 11.2 Å². The summed E-state index contributed by atoms with van der Waals surface area (Å²) < 4.78 is 6.96. The number of ether oxygens (including phenoxy) is 1. The lowest BCUT2D eigenvalue weighted by atomic mass is 10.1. The number of aryl methyl sites for hydroxylation is 1. The largest absolute Gasteiger partial charge is 0.377 e. The molecule has 3 nitrogen and oxygen atoms in total. The molecule has 0 spiro atoms. The van der Waals surface area contributed by atoms with E-state index in [4.69, 9.17) is 4.74 Å². The van der Waals surface area contributed by atoms with Crippen molar-refractivity contribution in [3.8, 4) is 0 Å². The molecule has 0 fully saturated rings. The molecule has 0 aromatic carbocycles. The smallest absolute Gasteiger partial charge is 0.253 e. The van der Waals surface area contributed by atoms with Crippen molar-refractivity contribution in [2.45, 2.75) is 46.8 Å². The fourth-order valence-corrected chi connectivity index (χ4v) is 1.26. The highest BCUT2D eigenvalue weighted by atomic mass is 16.5. The van der Waals surface area contributed by atoms with E-state index in [9.17, 15) is 4.79 Å². The van der Waals surface area contributed by atoms with Gasteiger partial charge in [0.15, 0.2) is 0 Å². The molecule has 0 unspecified atom stereocenters. The van der Waals surface area contributed by atoms with E-state index in [1.807, 2.05) is 46.8 Å². The number of nitrogens with zero attached hydrogens (tertiary/aromatic N) is 1. The number of aromatic nitrogens is 1. The average molecular weight is 225 g/mol. The van der Waals surface area contributed by atoms with Crippen molar-refractivity contribution in [3.63, 3.8) is 0 Å². The number of pyridine rings is 1. The highest BCUT2D eigenvalue weighted by molar-refractivity contribution is 5.07. The normalized spacial score (nSPS) is 10.6. The second-order valence-corrected chi connectivity index (χ2v) is 4.09. The molecule has 0 amide bonds. The summed E-state index contributed by atoms with van der Waals surface area (Å²) >= 11 is 0. The van der Waals surface area contributed by atoms with Gasteiger partial charge in [0.25, 0.3) is 5.56 Å². The molecular formula is C13H23NO2. The van der Waals surface area contributed by atoms with Crippen molar-refractivity contribution < 1.29 is 4.74 Å². The van der Waals surface area contributed by atoms with Crippen LogP contribution >= 0.6 is 0 Å². The zero-order valence-corrected chi connectivity index (χ0v) is 11.2. The van der Waals surface area contributed by atoms with Gasteiger partial charge in [-0.05, 0) is 26.8 Å². The Hall–Kier alpha value is -1.09. The van der Waals surface area contributed by atoms with Crippen LogP contribution in [0.2, 0.25) is 0 Å². The molecule has 1 aromatic heterocycles. The summed E-state index contributed by atoms with van der Waals surface area (Å²) in [5, 5.41) is 0. The Morgan fingerprint density at radius 2 is 1.94 bits per heavy atom. The molecule has 0 N–H and O–H groups in total. The third-order valence-corrected chi connectivity index (χ3v) is 2.31. The summed E-state index contributed by atoms with van der Waals surface area (Å²) in [6.07, 6.45) is 1.79. The third-order valence-electron chi connectivity index (χ3n) is 2.31. The number of hydrogen-bond acceptors (Lipinski definition) is 2. The maximum atomic E-state index is 11.7. The molecule has 0 saturated carbocycles. The fraction of sp³-hybridized carbons (Fsp3) is 0.615. The molecule has 0 aliphatic carbocycles. The van der Waals surface area contributed by atoms with E-state index in [0.29, 0.717) is 6.54 Å². The fourth-order valence-electron chi connectivity index (χ4n) is 1.26. The lowest BCUT2D eigenvalue weighted by molar-refractivity contribution is 0.00735. The van der Waals surface area contributed by atoms with Crippen molar-refractivity contribution in [2.75, 3.05) is 7.11 Å². The molecule has 1 aromatic rings. The minimum absolute atomic E-state index is 0.0534. The van der Waals surface area contributed by atoms with Gasteiger partial charge in [-0.2, -0.15) is 0 Å². The Bertz CT molecular complexity index is 366. The highest BCUT2D eigenvalue weighted by Gasteiger charge is 2.17. The van der Waals surface area contributed by atoms with Crippen LogP contribution in [0.1, 0.15) is 33.3 Å². The molecule has 1 heterocycles. The predicted octanol–water partition coefficient (Wildman–Crippen LogP) is 2.61. The van der Waals surface area contributed by atoms with E-state index >= 15 is 0 Å². The molecule has 0 aliphatic heterocycles. The Balaban J connectivity index is 0.00000106. The van der Waals surface area contributed by atoms with Gasteiger partial charge in [-0.1, -0.05) is 19.9 Å². The summed E-state index contributed by atoms with van der Waals surface area (Å²) in [6.45, 7) is 10.3. The second-order valence-electron chi connectivity index (χ2n) is 4.09. The van der Waals surface area contributed by atoms with Crippen LogP contribution in [-0.2, 0) is 11.3 Å². The van der Waals surface area contributed by atoms with Crippen LogP contribution in [0, 0.1) is 6.92 Å². The zero-order chi connectivity index (χ0) is 12.8. The monoisotopic (exact) mass is 225 g/mol.